The van der Waals surface area contributed by atoms with Crippen LogP contribution in [0.2, 0.25) is 0 Å². The topological polar surface area (TPSA) is 41.1 Å². The number of hydrogen-bond donors (Lipinski definition) is 1. The van der Waals surface area contributed by atoms with Crippen molar-refractivity contribution in [2.75, 3.05) is 29.9 Å². The molecule has 0 fully saturated rings. The molecule has 20 heavy (non-hydrogen) atoms. The highest BCUT2D eigenvalue weighted by Gasteiger charge is 2.11. The van der Waals surface area contributed by atoms with Gasteiger partial charge in [0.2, 0.25) is 0 Å². The zero-order valence-electron chi connectivity index (χ0n) is 12.5. The maximum absolute atomic E-state index is 4.64. The van der Waals surface area contributed by atoms with Gasteiger partial charge in [0.25, 0.3) is 0 Å². The molecule has 0 saturated heterocycles. The first-order valence-corrected chi connectivity index (χ1v) is 8.74. The lowest BCUT2D eigenvalue weighted by Gasteiger charge is -2.16. The monoisotopic (exact) mass is 310 g/mol. The first-order valence-electron chi connectivity index (χ1n) is 7.04. The van der Waals surface area contributed by atoms with Crippen LogP contribution in [0.15, 0.2) is 11.6 Å². The van der Waals surface area contributed by atoms with E-state index in [0.717, 1.165) is 40.5 Å². The van der Waals surface area contributed by atoms with E-state index in [1.807, 2.05) is 6.20 Å². The van der Waals surface area contributed by atoms with E-state index in [4.69, 9.17) is 0 Å². The van der Waals surface area contributed by atoms with Crippen molar-refractivity contribution in [1.29, 1.82) is 0 Å². The zero-order valence-corrected chi connectivity index (χ0v) is 14.1. The van der Waals surface area contributed by atoms with Crippen molar-refractivity contribution in [3.8, 4) is 10.6 Å². The lowest BCUT2D eigenvalue weighted by molar-refractivity contribution is 0.688. The Morgan fingerprint density at radius 1 is 1.30 bits per heavy atom. The fraction of sp³-hybridized carbons (Fsp3) is 0.571. The highest BCUT2D eigenvalue weighted by Crippen LogP contribution is 2.32. The summed E-state index contributed by atoms with van der Waals surface area (Å²) in [5, 5.41) is 7.54. The second kappa shape index (κ2) is 7.04. The summed E-state index contributed by atoms with van der Waals surface area (Å²) in [5.74, 6) is 0.625. The van der Waals surface area contributed by atoms with Crippen molar-refractivity contribution in [1.82, 2.24) is 9.97 Å². The molecular formula is C14H22N4S2. The van der Waals surface area contributed by atoms with E-state index < -0.39 is 0 Å². The van der Waals surface area contributed by atoms with Crippen LogP contribution in [0.1, 0.15) is 27.7 Å². The number of hydrogen-bond acceptors (Lipinski definition) is 6. The number of aromatic nitrogens is 2. The van der Waals surface area contributed by atoms with Gasteiger partial charge in [-0.2, -0.15) is 0 Å². The minimum atomic E-state index is 0.625. The molecule has 0 saturated carbocycles. The molecule has 2 aromatic rings. The summed E-state index contributed by atoms with van der Waals surface area (Å²) >= 11 is 3.37. The van der Waals surface area contributed by atoms with Crippen molar-refractivity contribution < 1.29 is 0 Å². The number of thiazole rings is 2. The molecule has 2 aromatic heterocycles. The van der Waals surface area contributed by atoms with E-state index in [0.29, 0.717) is 5.92 Å². The quantitative estimate of drug-likeness (QED) is 0.833. The van der Waals surface area contributed by atoms with Gasteiger partial charge in [0.1, 0.15) is 0 Å². The maximum Gasteiger partial charge on any atom is 0.185 e. The van der Waals surface area contributed by atoms with Crippen molar-refractivity contribution in [3.63, 3.8) is 0 Å². The molecule has 6 heteroatoms. The number of nitrogens with one attached hydrogen (secondary N) is 1. The van der Waals surface area contributed by atoms with Crippen LogP contribution >= 0.6 is 22.7 Å². The van der Waals surface area contributed by atoms with E-state index in [1.165, 1.54) is 0 Å². The lowest BCUT2D eigenvalue weighted by Crippen LogP contribution is -2.21. The predicted molar refractivity (Wildman–Crippen MR) is 90.1 cm³/mol. The van der Waals surface area contributed by atoms with Crippen LogP contribution in [0.25, 0.3) is 10.6 Å². The largest absolute Gasteiger partial charge is 0.361 e. The normalized spacial score (nSPS) is 11.1. The van der Waals surface area contributed by atoms with Crippen LogP contribution in [-0.2, 0) is 0 Å². The van der Waals surface area contributed by atoms with Crippen LogP contribution in [0.4, 0.5) is 10.3 Å². The van der Waals surface area contributed by atoms with E-state index in [2.05, 4.69) is 53.3 Å². The second-order valence-electron chi connectivity index (χ2n) is 4.99. The molecule has 0 radical (unpaired) electrons. The average Bonchev–Trinajstić information content (AvgIpc) is 3.06. The predicted octanol–water partition coefficient (Wildman–Crippen LogP) is 4.18. The molecule has 0 aliphatic heterocycles. The summed E-state index contributed by atoms with van der Waals surface area (Å²) < 4.78 is 0. The Kier molecular flexibility index (Phi) is 5.37. The van der Waals surface area contributed by atoms with Crippen LogP contribution in [0.3, 0.4) is 0 Å². The Morgan fingerprint density at radius 3 is 2.70 bits per heavy atom. The molecule has 0 atom stereocenters. The van der Waals surface area contributed by atoms with E-state index in [1.54, 1.807) is 22.7 Å². The molecule has 0 spiro atoms. The van der Waals surface area contributed by atoms with Gasteiger partial charge in [0.05, 0.1) is 10.6 Å². The number of rotatable bonds is 7. The highest BCUT2D eigenvalue weighted by molar-refractivity contribution is 7.19. The fourth-order valence-corrected chi connectivity index (χ4v) is 3.58. The van der Waals surface area contributed by atoms with Gasteiger partial charge >= 0.3 is 0 Å². The van der Waals surface area contributed by atoms with Gasteiger partial charge in [-0.15, -0.1) is 11.3 Å². The van der Waals surface area contributed by atoms with Gasteiger partial charge in [-0.1, -0.05) is 25.2 Å². The molecule has 0 bridgehead atoms. The third-order valence-corrected chi connectivity index (χ3v) is 4.83. The average molecular weight is 310 g/mol. The molecule has 0 amide bonds. The summed E-state index contributed by atoms with van der Waals surface area (Å²) in [6.07, 6.45) is 1.93. The van der Waals surface area contributed by atoms with Crippen molar-refractivity contribution >= 4 is 32.9 Å². The van der Waals surface area contributed by atoms with Crippen LogP contribution in [0.5, 0.6) is 0 Å². The molecule has 110 valence electrons. The first kappa shape index (κ1) is 15.3. The number of nitrogens with zero attached hydrogens (tertiary/aromatic N) is 3. The summed E-state index contributed by atoms with van der Waals surface area (Å²) in [7, 11) is 0. The SMILES string of the molecule is CCN(CC)c1ncc(-c2csc(NCC(C)C)n2)s1. The van der Waals surface area contributed by atoms with Gasteiger partial charge in [-0.05, 0) is 19.8 Å². The molecule has 0 aliphatic rings. The Morgan fingerprint density at radius 2 is 2.05 bits per heavy atom. The van der Waals surface area contributed by atoms with Gasteiger partial charge in [0.15, 0.2) is 10.3 Å². The Labute approximate surface area is 128 Å². The minimum Gasteiger partial charge on any atom is -0.361 e. The van der Waals surface area contributed by atoms with Gasteiger partial charge in [-0.3, -0.25) is 0 Å². The first-order chi connectivity index (χ1) is 9.63. The molecule has 0 aromatic carbocycles. The molecule has 4 nitrogen and oxygen atoms in total. The van der Waals surface area contributed by atoms with Gasteiger partial charge in [0, 0.05) is 31.2 Å². The van der Waals surface area contributed by atoms with Crippen LogP contribution in [0, 0.1) is 5.92 Å². The summed E-state index contributed by atoms with van der Waals surface area (Å²) in [4.78, 5) is 12.5. The van der Waals surface area contributed by atoms with Crippen molar-refractivity contribution in [3.05, 3.63) is 11.6 Å². The molecular weight excluding hydrogens is 288 g/mol. The smallest absolute Gasteiger partial charge is 0.185 e. The summed E-state index contributed by atoms with van der Waals surface area (Å²) in [5.41, 5.74) is 1.03. The second-order valence-corrected chi connectivity index (χ2v) is 6.86. The van der Waals surface area contributed by atoms with Gasteiger partial charge in [-0.25, -0.2) is 9.97 Å². The van der Waals surface area contributed by atoms with Crippen molar-refractivity contribution in [2.24, 2.45) is 5.92 Å². The Hall–Kier alpha value is -1.14. The Balaban J connectivity index is 2.08. The standard InChI is InChI=1S/C14H22N4S2/c1-5-18(6-2)14-16-8-12(20-14)11-9-19-13(17-11)15-7-10(3)4/h8-10H,5-7H2,1-4H3,(H,15,17). The highest BCUT2D eigenvalue weighted by atomic mass is 32.1. The fourth-order valence-electron chi connectivity index (χ4n) is 1.78. The molecule has 0 aliphatic carbocycles. The molecule has 0 unspecified atom stereocenters. The minimum absolute atomic E-state index is 0.625. The van der Waals surface area contributed by atoms with E-state index >= 15 is 0 Å². The summed E-state index contributed by atoms with van der Waals surface area (Å²) in [6.45, 7) is 11.6. The lowest BCUT2D eigenvalue weighted by atomic mass is 10.2. The number of anilines is 2. The van der Waals surface area contributed by atoms with Crippen molar-refractivity contribution in [2.45, 2.75) is 27.7 Å². The molecule has 2 rings (SSSR count). The van der Waals surface area contributed by atoms with E-state index in [-0.39, 0.29) is 0 Å². The van der Waals surface area contributed by atoms with Gasteiger partial charge < -0.3 is 10.2 Å². The maximum atomic E-state index is 4.64. The zero-order chi connectivity index (χ0) is 14.5. The summed E-state index contributed by atoms with van der Waals surface area (Å²) in [6, 6.07) is 0. The third kappa shape index (κ3) is 3.70. The van der Waals surface area contributed by atoms with Crippen LogP contribution in [-0.4, -0.2) is 29.6 Å². The van der Waals surface area contributed by atoms with E-state index in [9.17, 15) is 0 Å². The molecule has 2 heterocycles. The van der Waals surface area contributed by atoms with Crippen LogP contribution < -0.4 is 10.2 Å². The third-order valence-electron chi connectivity index (χ3n) is 2.95. The molecule has 1 N–H and O–H groups in total. The Bertz CT molecular complexity index is 529.